The molecule has 0 fully saturated rings. The Kier molecular flexibility index (Phi) is 13.0. The molecule has 0 saturated carbocycles. The van der Waals surface area contributed by atoms with E-state index in [4.69, 9.17) is 0 Å². The van der Waals surface area contributed by atoms with Crippen molar-refractivity contribution in [3.05, 3.63) is 0 Å². The summed E-state index contributed by atoms with van der Waals surface area (Å²) in [7, 11) is 1.77. The molecule has 4 amide bonds. The maximum atomic E-state index is 11.7. The quantitative estimate of drug-likeness (QED) is 0.219. The summed E-state index contributed by atoms with van der Waals surface area (Å²) in [6.45, 7) is 4.91. The molecular formula is C16H31N5O4. The van der Waals surface area contributed by atoms with Crippen LogP contribution in [0.25, 0.3) is 0 Å². The second kappa shape index (κ2) is 14.2. The van der Waals surface area contributed by atoms with Crippen LogP contribution in [0, 0.1) is 0 Å². The van der Waals surface area contributed by atoms with Crippen LogP contribution in [0.4, 0.5) is 4.79 Å². The number of rotatable bonds is 13. The van der Waals surface area contributed by atoms with Gasteiger partial charge in [0.2, 0.25) is 11.8 Å². The molecule has 9 nitrogen and oxygen atoms in total. The summed E-state index contributed by atoms with van der Waals surface area (Å²) in [5.41, 5.74) is 0. The van der Waals surface area contributed by atoms with Crippen molar-refractivity contribution < 1.29 is 19.2 Å². The summed E-state index contributed by atoms with van der Waals surface area (Å²) < 4.78 is 0. The van der Waals surface area contributed by atoms with Crippen molar-refractivity contribution in [1.29, 1.82) is 0 Å². The van der Waals surface area contributed by atoms with Crippen LogP contribution < -0.4 is 26.6 Å². The fourth-order valence-corrected chi connectivity index (χ4v) is 2.06. The standard InChI is InChI=1S/C16H31N5O4/c1-4-5-12(2)20-16(25)21-13(11-22)6-7-14(23)19-10-15(24)18-9-8-17-3/h11-13,17H,4-10H2,1-3H3,(H,18,24)(H,19,23)(H2,20,21,25). The third-order valence-corrected chi connectivity index (χ3v) is 3.41. The van der Waals surface area contributed by atoms with Gasteiger partial charge in [-0.2, -0.15) is 0 Å². The lowest BCUT2D eigenvalue weighted by atomic mass is 10.1. The van der Waals surface area contributed by atoms with Crippen LogP contribution in [-0.2, 0) is 14.4 Å². The molecule has 0 aromatic carbocycles. The summed E-state index contributed by atoms with van der Waals surface area (Å²) in [6, 6.07) is -1.16. The molecule has 0 aromatic rings. The van der Waals surface area contributed by atoms with E-state index in [-0.39, 0.29) is 37.2 Å². The maximum absolute atomic E-state index is 11.7. The summed E-state index contributed by atoms with van der Waals surface area (Å²) in [4.78, 5) is 45.9. The van der Waals surface area contributed by atoms with Gasteiger partial charge in [0.05, 0.1) is 12.6 Å². The first-order chi connectivity index (χ1) is 11.9. The molecule has 0 radical (unpaired) electrons. The predicted molar refractivity (Wildman–Crippen MR) is 95.1 cm³/mol. The van der Waals surface area contributed by atoms with Crippen LogP contribution in [0.5, 0.6) is 0 Å². The van der Waals surface area contributed by atoms with Gasteiger partial charge >= 0.3 is 6.03 Å². The fraction of sp³-hybridized carbons (Fsp3) is 0.750. The lowest BCUT2D eigenvalue weighted by Crippen LogP contribution is -2.46. The molecule has 0 saturated heterocycles. The molecule has 0 bridgehead atoms. The number of carbonyl (C=O) groups is 4. The molecule has 0 heterocycles. The SMILES string of the molecule is CCCC(C)NC(=O)NC(C=O)CCC(=O)NCC(=O)NCCNC. The Morgan fingerprint density at radius 2 is 1.72 bits per heavy atom. The molecule has 0 aliphatic carbocycles. The highest BCUT2D eigenvalue weighted by molar-refractivity contribution is 5.85. The van der Waals surface area contributed by atoms with Gasteiger partial charge < -0.3 is 31.4 Å². The van der Waals surface area contributed by atoms with Crippen molar-refractivity contribution in [3.8, 4) is 0 Å². The van der Waals surface area contributed by atoms with E-state index in [0.29, 0.717) is 19.4 Å². The first-order valence-electron chi connectivity index (χ1n) is 8.63. The monoisotopic (exact) mass is 357 g/mol. The van der Waals surface area contributed by atoms with E-state index in [9.17, 15) is 19.2 Å². The predicted octanol–water partition coefficient (Wildman–Crippen LogP) is -0.726. The summed E-state index contributed by atoms with van der Waals surface area (Å²) >= 11 is 0. The highest BCUT2D eigenvalue weighted by atomic mass is 16.2. The molecule has 2 atom stereocenters. The number of nitrogens with one attached hydrogen (secondary N) is 5. The Morgan fingerprint density at radius 1 is 1.00 bits per heavy atom. The largest absolute Gasteiger partial charge is 0.353 e. The molecular weight excluding hydrogens is 326 g/mol. The average Bonchev–Trinajstić information content (AvgIpc) is 2.57. The Balaban J connectivity index is 4.00. The van der Waals surface area contributed by atoms with Crippen LogP contribution >= 0.6 is 0 Å². The van der Waals surface area contributed by atoms with Crippen LogP contribution in [0.15, 0.2) is 0 Å². The van der Waals surface area contributed by atoms with Gasteiger partial charge in [0.25, 0.3) is 0 Å². The molecule has 25 heavy (non-hydrogen) atoms. The Bertz CT molecular complexity index is 431. The highest BCUT2D eigenvalue weighted by Crippen LogP contribution is 1.97. The van der Waals surface area contributed by atoms with Crippen LogP contribution in [0.2, 0.25) is 0 Å². The second-order valence-corrected chi connectivity index (χ2v) is 5.82. The molecule has 0 aliphatic rings. The number of aldehydes is 1. The molecule has 0 spiro atoms. The number of likely N-dealkylation sites (N-methyl/N-ethyl adjacent to an activating group) is 1. The third-order valence-electron chi connectivity index (χ3n) is 3.41. The zero-order chi connectivity index (χ0) is 19.1. The van der Waals surface area contributed by atoms with Gasteiger partial charge in [-0.1, -0.05) is 13.3 Å². The average molecular weight is 357 g/mol. The van der Waals surface area contributed by atoms with Crippen LogP contribution in [0.1, 0.15) is 39.5 Å². The highest BCUT2D eigenvalue weighted by Gasteiger charge is 2.15. The maximum Gasteiger partial charge on any atom is 0.315 e. The van der Waals surface area contributed by atoms with Crippen molar-refractivity contribution >= 4 is 24.1 Å². The minimum atomic E-state index is -0.746. The first-order valence-corrected chi connectivity index (χ1v) is 8.63. The number of amides is 4. The third kappa shape index (κ3) is 12.9. The number of urea groups is 1. The molecule has 0 aromatic heterocycles. The summed E-state index contributed by atoms with van der Waals surface area (Å²) in [5, 5.41) is 13.3. The number of carbonyl (C=O) groups excluding carboxylic acids is 4. The summed E-state index contributed by atoms with van der Waals surface area (Å²) in [5.74, 6) is -0.630. The van der Waals surface area contributed by atoms with Gasteiger partial charge in [-0.25, -0.2) is 4.79 Å². The number of hydrogen-bond acceptors (Lipinski definition) is 5. The van der Waals surface area contributed by atoms with Gasteiger partial charge in [0.1, 0.15) is 6.29 Å². The lowest BCUT2D eigenvalue weighted by molar-refractivity contribution is -0.126. The molecule has 0 aliphatic heterocycles. The first kappa shape index (κ1) is 22.8. The zero-order valence-electron chi connectivity index (χ0n) is 15.3. The van der Waals surface area contributed by atoms with E-state index in [2.05, 4.69) is 26.6 Å². The van der Waals surface area contributed by atoms with E-state index < -0.39 is 12.1 Å². The Hall–Kier alpha value is -2.16. The Morgan fingerprint density at radius 3 is 2.32 bits per heavy atom. The number of hydrogen-bond donors (Lipinski definition) is 5. The normalized spacial score (nSPS) is 12.6. The van der Waals surface area contributed by atoms with Crippen molar-refractivity contribution in [2.24, 2.45) is 0 Å². The minimum absolute atomic E-state index is 0.0158. The van der Waals surface area contributed by atoms with Crippen LogP contribution in [-0.4, -0.2) is 62.9 Å². The van der Waals surface area contributed by atoms with Gasteiger partial charge in [-0.15, -0.1) is 0 Å². The van der Waals surface area contributed by atoms with Crippen LogP contribution in [0.3, 0.4) is 0 Å². The van der Waals surface area contributed by atoms with Crippen molar-refractivity contribution in [2.75, 3.05) is 26.7 Å². The van der Waals surface area contributed by atoms with E-state index in [1.807, 2.05) is 13.8 Å². The molecule has 5 N–H and O–H groups in total. The van der Waals surface area contributed by atoms with E-state index in [1.165, 1.54) is 0 Å². The molecule has 9 heteroatoms. The van der Waals surface area contributed by atoms with Gasteiger partial charge in [-0.05, 0) is 26.8 Å². The van der Waals surface area contributed by atoms with Crippen molar-refractivity contribution in [3.63, 3.8) is 0 Å². The lowest BCUT2D eigenvalue weighted by Gasteiger charge is -2.17. The summed E-state index contributed by atoms with van der Waals surface area (Å²) in [6.07, 6.45) is 2.60. The molecule has 144 valence electrons. The smallest absolute Gasteiger partial charge is 0.315 e. The van der Waals surface area contributed by atoms with Gasteiger partial charge in [0, 0.05) is 25.6 Å². The van der Waals surface area contributed by atoms with E-state index >= 15 is 0 Å². The van der Waals surface area contributed by atoms with E-state index in [1.54, 1.807) is 7.05 Å². The Labute approximate surface area is 149 Å². The van der Waals surface area contributed by atoms with Crippen molar-refractivity contribution in [2.45, 2.75) is 51.6 Å². The van der Waals surface area contributed by atoms with Crippen molar-refractivity contribution in [1.82, 2.24) is 26.6 Å². The van der Waals surface area contributed by atoms with Gasteiger partial charge in [0.15, 0.2) is 0 Å². The second-order valence-electron chi connectivity index (χ2n) is 5.82. The minimum Gasteiger partial charge on any atom is -0.353 e. The molecule has 2 unspecified atom stereocenters. The zero-order valence-corrected chi connectivity index (χ0v) is 15.3. The molecule has 0 rings (SSSR count). The van der Waals surface area contributed by atoms with E-state index in [0.717, 1.165) is 12.8 Å². The fourth-order valence-electron chi connectivity index (χ4n) is 2.06. The van der Waals surface area contributed by atoms with Gasteiger partial charge in [-0.3, -0.25) is 9.59 Å². The topological polar surface area (TPSA) is 128 Å².